The minimum Gasteiger partial charge on any atom is -0.492 e. The van der Waals surface area contributed by atoms with Crippen molar-refractivity contribution in [2.24, 2.45) is 5.92 Å². The monoisotopic (exact) mass is 393 g/mol. The van der Waals surface area contributed by atoms with Crippen molar-refractivity contribution in [2.45, 2.75) is 39.3 Å². The number of carbonyl (C=O) groups excluding carboxylic acids is 1. The molecule has 0 unspecified atom stereocenters. The van der Waals surface area contributed by atoms with Gasteiger partial charge in [0.25, 0.3) is 11.5 Å². The van der Waals surface area contributed by atoms with Crippen molar-refractivity contribution in [1.29, 1.82) is 0 Å². The number of carbonyl (C=O) groups is 1. The third-order valence-electron chi connectivity index (χ3n) is 4.74. The van der Waals surface area contributed by atoms with Crippen molar-refractivity contribution in [1.82, 2.24) is 24.5 Å². The van der Waals surface area contributed by atoms with Gasteiger partial charge in [-0.1, -0.05) is 26.0 Å². The Labute approximate surface area is 167 Å². The fourth-order valence-corrected chi connectivity index (χ4v) is 3.21. The minimum absolute atomic E-state index is 0.0751. The molecule has 0 spiro atoms. The first kappa shape index (κ1) is 18.9. The molecule has 150 valence electrons. The maximum atomic E-state index is 13.2. The van der Waals surface area contributed by atoms with Gasteiger partial charge in [0.2, 0.25) is 5.88 Å². The molecule has 1 aliphatic rings. The summed E-state index contributed by atoms with van der Waals surface area (Å²) in [5.41, 5.74) is 1.23. The highest BCUT2D eigenvalue weighted by atomic mass is 16.3. The molecule has 0 saturated heterocycles. The van der Waals surface area contributed by atoms with Crippen LogP contribution in [0.5, 0.6) is 5.88 Å². The van der Waals surface area contributed by atoms with Gasteiger partial charge < -0.3 is 10.4 Å². The zero-order valence-electron chi connectivity index (χ0n) is 16.4. The molecule has 1 aliphatic carbocycles. The van der Waals surface area contributed by atoms with Crippen molar-refractivity contribution in [2.75, 3.05) is 0 Å². The van der Waals surface area contributed by atoms with E-state index >= 15 is 0 Å². The molecular weight excluding hydrogens is 370 g/mol. The van der Waals surface area contributed by atoms with E-state index in [1.54, 1.807) is 18.6 Å². The molecule has 0 bridgehead atoms. The number of fused-ring (bicyclic) bond motifs is 1. The molecule has 3 aromatic heterocycles. The van der Waals surface area contributed by atoms with Crippen molar-refractivity contribution in [3.63, 3.8) is 0 Å². The van der Waals surface area contributed by atoms with Gasteiger partial charge in [-0.3, -0.25) is 19.1 Å². The first-order valence-corrected chi connectivity index (χ1v) is 9.68. The van der Waals surface area contributed by atoms with Crippen LogP contribution in [0.2, 0.25) is 0 Å². The molecule has 1 saturated carbocycles. The highest BCUT2D eigenvalue weighted by Crippen LogP contribution is 2.23. The Morgan fingerprint density at radius 3 is 2.79 bits per heavy atom. The molecule has 0 aliphatic heterocycles. The summed E-state index contributed by atoms with van der Waals surface area (Å²) >= 11 is 0. The third-order valence-corrected chi connectivity index (χ3v) is 4.74. The smallest absolute Gasteiger partial charge is 0.270 e. The number of amides is 1. The van der Waals surface area contributed by atoms with Gasteiger partial charge in [-0.2, -0.15) is 9.61 Å². The zero-order chi connectivity index (χ0) is 20.5. The fraction of sp³-hybridized carbons (Fsp3) is 0.333. The number of nitrogens with one attached hydrogen (secondary N) is 1. The SMILES string of the molecule is CC(C)Cn1c(=O)c(C(=O)NC2CC2)c(O)n2ncc(/C=C/c3cccnc3)c12. The van der Waals surface area contributed by atoms with Crippen LogP contribution in [0.3, 0.4) is 0 Å². The second kappa shape index (κ2) is 7.54. The number of aromatic nitrogens is 4. The lowest BCUT2D eigenvalue weighted by Gasteiger charge is -2.15. The van der Waals surface area contributed by atoms with E-state index in [9.17, 15) is 14.7 Å². The molecule has 0 radical (unpaired) electrons. The van der Waals surface area contributed by atoms with Gasteiger partial charge >= 0.3 is 0 Å². The Morgan fingerprint density at radius 2 is 2.14 bits per heavy atom. The summed E-state index contributed by atoms with van der Waals surface area (Å²) in [7, 11) is 0. The summed E-state index contributed by atoms with van der Waals surface area (Å²) < 4.78 is 2.77. The molecule has 1 fully saturated rings. The lowest BCUT2D eigenvalue weighted by atomic mass is 10.2. The highest BCUT2D eigenvalue weighted by molar-refractivity contribution is 5.96. The quantitative estimate of drug-likeness (QED) is 0.669. The van der Waals surface area contributed by atoms with Crippen LogP contribution in [0.15, 0.2) is 35.5 Å². The molecule has 8 nitrogen and oxygen atoms in total. The number of nitrogens with zero attached hydrogens (tertiary/aromatic N) is 4. The number of hydrogen-bond acceptors (Lipinski definition) is 5. The first-order chi connectivity index (χ1) is 14.0. The molecule has 29 heavy (non-hydrogen) atoms. The normalized spacial score (nSPS) is 14.2. The molecule has 4 rings (SSSR count). The standard InChI is InChI=1S/C21H23N5O3/c1-13(2)12-25-19-15(6-5-14-4-3-9-22-10-14)11-23-26(19)21(29)17(20(25)28)18(27)24-16-7-8-16/h3-6,9-11,13,16,29H,7-8,12H2,1-2H3,(H,24,27)/b6-5+. The maximum Gasteiger partial charge on any atom is 0.270 e. The summed E-state index contributed by atoms with van der Waals surface area (Å²) in [4.78, 5) is 29.8. The molecule has 8 heteroatoms. The van der Waals surface area contributed by atoms with E-state index in [0.29, 0.717) is 17.8 Å². The summed E-state index contributed by atoms with van der Waals surface area (Å²) in [5, 5.41) is 17.7. The van der Waals surface area contributed by atoms with E-state index in [1.165, 1.54) is 9.08 Å². The lowest BCUT2D eigenvalue weighted by Crippen LogP contribution is -2.36. The van der Waals surface area contributed by atoms with Crippen molar-refractivity contribution >= 4 is 23.7 Å². The van der Waals surface area contributed by atoms with Crippen LogP contribution >= 0.6 is 0 Å². The molecular formula is C21H23N5O3. The second-order valence-electron chi connectivity index (χ2n) is 7.71. The van der Waals surface area contributed by atoms with Crippen LogP contribution in [0.1, 0.15) is 48.2 Å². The molecule has 3 aromatic rings. The topological polar surface area (TPSA) is 102 Å². The zero-order valence-corrected chi connectivity index (χ0v) is 16.4. The Balaban J connectivity index is 1.86. The van der Waals surface area contributed by atoms with Crippen LogP contribution in [0.25, 0.3) is 17.8 Å². The van der Waals surface area contributed by atoms with Gasteiger partial charge in [0.1, 0.15) is 5.65 Å². The molecule has 3 heterocycles. The predicted molar refractivity (Wildman–Crippen MR) is 110 cm³/mol. The van der Waals surface area contributed by atoms with Crippen LogP contribution in [-0.4, -0.2) is 36.2 Å². The Kier molecular flexibility index (Phi) is 4.92. The Bertz CT molecular complexity index is 1140. The summed E-state index contributed by atoms with van der Waals surface area (Å²) in [6.45, 7) is 4.37. The van der Waals surface area contributed by atoms with Crippen LogP contribution in [0, 0.1) is 5.92 Å². The van der Waals surface area contributed by atoms with E-state index in [4.69, 9.17) is 0 Å². The molecule has 0 aromatic carbocycles. The second-order valence-corrected chi connectivity index (χ2v) is 7.71. The van der Waals surface area contributed by atoms with E-state index in [-0.39, 0.29) is 17.5 Å². The molecule has 2 N–H and O–H groups in total. The van der Waals surface area contributed by atoms with Gasteiger partial charge in [0, 0.05) is 30.5 Å². The fourth-order valence-electron chi connectivity index (χ4n) is 3.21. The highest BCUT2D eigenvalue weighted by Gasteiger charge is 2.29. The van der Waals surface area contributed by atoms with E-state index < -0.39 is 17.3 Å². The van der Waals surface area contributed by atoms with Gasteiger partial charge in [-0.05, 0) is 36.5 Å². The van der Waals surface area contributed by atoms with E-state index in [0.717, 1.165) is 18.4 Å². The van der Waals surface area contributed by atoms with Crippen LogP contribution in [-0.2, 0) is 6.54 Å². The Morgan fingerprint density at radius 1 is 1.34 bits per heavy atom. The summed E-state index contributed by atoms with van der Waals surface area (Å²) in [5.74, 6) is -0.841. The first-order valence-electron chi connectivity index (χ1n) is 9.68. The lowest BCUT2D eigenvalue weighted by molar-refractivity contribution is 0.0944. The van der Waals surface area contributed by atoms with Gasteiger partial charge in [-0.15, -0.1) is 0 Å². The van der Waals surface area contributed by atoms with Crippen molar-refractivity contribution in [3.05, 3.63) is 57.8 Å². The maximum absolute atomic E-state index is 13.2. The van der Waals surface area contributed by atoms with Crippen molar-refractivity contribution in [3.8, 4) is 5.88 Å². The number of aromatic hydroxyl groups is 1. The number of rotatable bonds is 6. The van der Waals surface area contributed by atoms with E-state index in [2.05, 4.69) is 15.4 Å². The van der Waals surface area contributed by atoms with Gasteiger partial charge in [0.15, 0.2) is 5.56 Å². The van der Waals surface area contributed by atoms with Gasteiger partial charge in [0.05, 0.1) is 6.20 Å². The number of hydrogen-bond donors (Lipinski definition) is 2. The summed E-state index contributed by atoms with van der Waals surface area (Å²) in [6.07, 6.45) is 10.4. The predicted octanol–water partition coefficient (Wildman–Crippen LogP) is 2.32. The summed E-state index contributed by atoms with van der Waals surface area (Å²) in [6, 6.07) is 3.82. The minimum atomic E-state index is -0.558. The molecule has 0 atom stereocenters. The van der Waals surface area contributed by atoms with E-state index in [1.807, 2.05) is 38.1 Å². The van der Waals surface area contributed by atoms with Crippen molar-refractivity contribution < 1.29 is 9.90 Å². The molecule has 1 amide bonds. The largest absolute Gasteiger partial charge is 0.492 e. The Hall–Kier alpha value is -3.42. The average Bonchev–Trinajstić information content (AvgIpc) is 3.40. The van der Waals surface area contributed by atoms with Gasteiger partial charge in [-0.25, -0.2) is 0 Å². The van der Waals surface area contributed by atoms with Crippen LogP contribution < -0.4 is 10.9 Å². The number of pyridine rings is 1. The average molecular weight is 393 g/mol. The third kappa shape index (κ3) is 3.78. The van der Waals surface area contributed by atoms with Crippen LogP contribution in [0.4, 0.5) is 0 Å².